The summed E-state index contributed by atoms with van der Waals surface area (Å²) in [7, 11) is 0. The fourth-order valence-electron chi connectivity index (χ4n) is 1.48. The molecule has 0 unspecified atom stereocenters. The first-order valence-electron chi connectivity index (χ1n) is 4.51. The highest BCUT2D eigenvalue weighted by molar-refractivity contribution is 6.00. The number of rotatable bonds is 2. The van der Waals surface area contributed by atoms with Crippen molar-refractivity contribution in [1.29, 1.82) is 0 Å². The van der Waals surface area contributed by atoms with E-state index in [-0.39, 0.29) is 11.6 Å². The minimum absolute atomic E-state index is 0.0915. The van der Waals surface area contributed by atoms with Crippen LogP contribution in [-0.4, -0.2) is 5.78 Å². The van der Waals surface area contributed by atoms with Gasteiger partial charge in [-0.15, -0.1) is 0 Å². The lowest BCUT2D eigenvalue weighted by Gasteiger charge is -2.04. The third-order valence-electron chi connectivity index (χ3n) is 2.19. The first-order chi connectivity index (χ1) is 7.18. The maximum absolute atomic E-state index is 13.1. The van der Waals surface area contributed by atoms with Crippen LogP contribution in [0, 0.1) is 5.82 Å². The van der Waals surface area contributed by atoms with E-state index in [9.17, 15) is 9.18 Å². The highest BCUT2D eigenvalue weighted by Gasteiger charge is 2.10. The Hall–Kier alpha value is -1.90. The molecule has 0 aliphatic carbocycles. The molecular formula is C12H9FO2. The van der Waals surface area contributed by atoms with Crippen molar-refractivity contribution in [2.75, 3.05) is 0 Å². The third-order valence-corrected chi connectivity index (χ3v) is 2.19. The van der Waals surface area contributed by atoms with Crippen molar-refractivity contribution in [3.8, 4) is 11.1 Å². The fraction of sp³-hybridized carbons (Fsp3) is 0.0833. The van der Waals surface area contributed by atoms with E-state index in [0.29, 0.717) is 16.7 Å². The summed E-state index contributed by atoms with van der Waals surface area (Å²) in [5.41, 5.74) is 1.77. The summed E-state index contributed by atoms with van der Waals surface area (Å²) in [4.78, 5) is 11.3. The number of hydrogen-bond acceptors (Lipinski definition) is 2. The molecule has 2 nitrogen and oxygen atoms in total. The molecule has 2 rings (SSSR count). The third kappa shape index (κ3) is 1.81. The van der Waals surface area contributed by atoms with Crippen molar-refractivity contribution >= 4 is 5.78 Å². The molecule has 1 heterocycles. The lowest BCUT2D eigenvalue weighted by molar-refractivity contribution is 0.101. The van der Waals surface area contributed by atoms with Crippen molar-refractivity contribution in [3.05, 3.63) is 48.2 Å². The minimum Gasteiger partial charge on any atom is -0.472 e. The monoisotopic (exact) mass is 204 g/mol. The summed E-state index contributed by atoms with van der Waals surface area (Å²) in [5.74, 6) is -0.456. The van der Waals surface area contributed by atoms with Gasteiger partial charge in [0.1, 0.15) is 5.82 Å². The predicted molar refractivity (Wildman–Crippen MR) is 54.1 cm³/mol. The second kappa shape index (κ2) is 3.69. The molecule has 3 heteroatoms. The molecule has 1 aromatic heterocycles. The number of Topliss-reactive ketones (excluding diaryl/α,β-unsaturated/α-hetero) is 1. The number of carbonyl (C=O) groups excluding carboxylic acids is 1. The molecule has 0 radical (unpaired) electrons. The van der Waals surface area contributed by atoms with E-state index in [1.165, 1.54) is 37.6 Å². The fourth-order valence-corrected chi connectivity index (χ4v) is 1.48. The molecule has 0 atom stereocenters. The van der Waals surface area contributed by atoms with Gasteiger partial charge in [0.15, 0.2) is 5.78 Å². The molecule has 76 valence electrons. The Kier molecular flexibility index (Phi) is 2.37. The van der Waals surface area contributed by atoms with Crippen LogP contribution in [0.2, 0.25) is 0 Å². The lowest BCUT2D eigenvalue weighted by atomic mass is 9.99. The van der Waals surface area contributed by atoms with Crippen molar-refractivity contribution in [3.63, 3.8) is 0 Å². The van der Waals surface area contributed by atoms with Gasteiger partial charge < -0.3 is 4.42 Å². The lowest BCUT2D eigenvalue weighted by Crippen LogP contribution is -1.96. The Morgan fingerprint density at radius 2 is 2.13 bits per heavy atom. The molecule has 0 aliphatic heterocycles. The highest BCUT2D eigenvalue weighted by atomic mass is 19.1. The largest absolute Gasteiger partial charge is 0.472 e. The van der Waals surface area contributed by atoms with Crippen molar-refractivity contribution in [1.82, 2.24) is 0 Å². The number of furan rings is 1. The Labute approximate surface area is 86.3 Å². The van der Waals surface area contributed by atoms with Crippen molar-refractivity contribution < 1.29 is 13.6 Å². The Morgan fingerprint density at radius 3 is 2.73 bits per heavy atom. The second-order valence-corrected chi connectivity index (χ2v) is 3.26. The van der Waals surface area contributed by atoms with Crippen LogP contribution in [0.25, 0.3) is 11.1 Å². The molecule has 0 saturated heterocycles. The number of benzene rings is 1. The standard InChI is InChI=1S/C12H9FO2/c1-8(14)11-3-2-10(13)6-12(11)9-4-5-15-7-9/h2-7H,1H3. The summed E-state index contributed by atoms with van der Waals surface area (Å²) in [5, 5.41) is 0. The molecule has 1 aromatic carbocycles. The van der Waals surface area contributed by atoms with Crippen LogP contribution >= 0.6 is 0 Å². The number of carbonyl (C=O) groups is 1. The zero-order valence-corrected chi connectivity index (χ0v) is 8.16. The summed E-state index contributed by atoms with van der Waals surface area (Å²) in [6.45, 7) is 1.46. The van der Waals surface area contributed by atoms with Gasteiger partial charge in [-0.2, -0.15) is 0 Å². The number of hydrogen-bond donors (Lipinski definition) is 0. The highest BCUT2D eigenvalue weighted by Crippen LogP contribution is 2.25. The average Bonchev–Trinajstić information content (AvgIpc) is 2.69. The number of halogens is 1. The van der Waals surface area contributed by atoms with E-state index in [1.54, 1.807) is 6.07 Å². The molecule has 2 aromatic rings. The van der Waals surface area contributed by atoms with Crippen LogP contribution in [-0.2, 0) is 0 Å². The van der Waals surface area contributed by atoms with Gasteiger partial charge in [0.25, 0.3) is 0 Å². The van der Waals surface area contributed by atoms with Gasteiger partial charge in [-0.05, 0) is 36.8 Å². The maximum Gasteiger partial charge on any atom is 0.160 e. The zero-order chi connectivity index (χ0) is 10.8. The molecule has 0 N–H and O–H groups in total. The van der Waals surface area contributed by atoms with E-state index in [1.807, 2.05) is 0 Å². The van der Waals surface area contributed by atoms with Crippen LogP contribution in [0.15, 0.2) is 41.2 Å². The van der Waals surface area contributed by atoms with Crippen LogP contribution in [0.4, 0.5) is 4.39 Å². The van der Waals surface area contributed by atoms with Gasteiger partial charge >= 0.3 is 0 Å². The van der Waals surface area contributed by atoms with Crippen LogP contribution < -0.4 is 0 Å². The van der Waals surface area contributed by atoms with E-state index < -0.39 is 0 Å². The van der Waals surface area contributed by atoms with Crippen LogP contribution in [0.3, 0.4) is 0 Å². The van der Waals surface area contributed by atoms with E-state index >= 15 is 0 Å². The summed E-state index contributed by atoms with van der Waals surface area (Å²) >= 11 is 0. The predicted octanol–water partition coefficient (Wildman–Crippen LogP) is 3.29. The molecule has 0 bridgehead atoms. The van der Waals surface area contributed by atoms with E-state index in [4.69, 9.17) is 4.42 Å². The molecular weight excluding hydrogens is 195 g/mol. The maximum atomic E-state index is 13.1. The van der Waals surface area contributed by atoms with Crippen molar-refractivity contribution in [2.45, 2.75) is 6.92 Å². The van der Waals surface area contributed by atoms with Crippen molar-refractivity contribution in [2.24, 2.45) is 0 Å². The summed E-state index contributed by atoms with van der Waals surface area (Å²) in [6.07, 6.45) is 2.98. The number of ketones is 1. The summed E-state index contributed by atoms with van der Waals surface area (Å²) in [6, 6.07) is 5.79. The smallest absolute Gasteiger partial charge is 0.160 e. The molecule has 15 heavy (non-hydrogen) atoms. The Balaban J connectivity index is 2.63. The van der Waals surface area contributed by atoms with Gasteiger partial charge in [-0.1, -0.05) is 0 Å². The van der Waals surface area contributed by atoms with Gasteiger partial charge in [0, 0.05) is 11.1 Å². The molecule has 0 fully saturated rings. The normalized spacial score (nSPS) is 10.3. The molecule has 0 aliphatic rings. The van der Waals surface area contributed by atoms with E-state index in [2.05, 4.69) is 0 Å². The average molecular weight is 204 g/mol. The Bertz CT molecular complexity index is 486. The van der Waals surface area contributed by atoms with E-state index in [0.717, 1.165) is 0 Å². The van der Waals surface area contributed by atoms with Crippen LogP contribution in [0.1, 0.15) is 17.3 Å². The molecule has 0 amide bonds. The zero-order valence-electron chi connectivity index (χ0n) is 8.16. The Morgan fingerprint density at radius 1 is 1.33 bits per heavy atom. The molecule has 0 saturated carbocycles. The second-order valence-electron chi connectivity index (χ2n) is 3.26. The van der Waals surface area contributed by atoms with Gasteiger partial charge in [0.05, 0.1) is 12.5 Å². The van der Waals surface area contributed by atoms with Crippen LogP contribution in [0.5, 0.6) is 0 Å². The minimum atomic E-state index is -0.365. The first-order valence-corrected chi connectivity index (χ1v) is 4.51. The topological polar surface area (TPSA) is 30.2 Å². The summed E-state index contributed by atoms with van der Waals surface area (Å²) < 4.78 is 18.0. The first kappa shape index (κ1) is 9.65. The van der Waals surface area contributed by atoms with Gasteiger partial charge in [0.2, 0.25) is 0 Å². The van der Waals surface area contributed by atoms with Gasteiger partial charge in [-0.3, -0.25) is 4.79 Å². The molecule has 0 spiro atoms. The quantitative estimate of drug-likeness (QED) is 0.702. The SMILES string of the molecule is CC(=O)c1ccc(F)cc1-c1ccoc1. The van der Waals surface area contributed by atoms with Gasteiger partial charge in [-0.25, -0.2) is 4.39 Å².